The van der Waals surface area contributed by atoms with E-state index >= 15 is 0 Å². The van der Waals surface area contributed by atoms with Crippen molar-refractivity contribution in [1.82, 2.24) is 0 Å². The monoisotopic (exact) mass is 620 g/mol. The van der Waals surface area contributed by atoms with Crippen molar-refractivity contribution in [2.45, 2.75) is 153 Å². The lowest BCUT2D eigenvalue weighted by Crippen LogP contribution is -2.26. The summed E-state index contributed by atoms with van der Waals surface area (Å²) in [5, 5.41) is 0. The molecule has 1 unspecified atom stereocenters. The summed E-state index contributed by atoms with van der Waals surface area (Å²) in [6, 6.07) is 5.20. The quantitative estimate of drug-likeness (QED) is 0.261. The number of aryl methyl sites for hydroxylation is 1. The van der Waals surface area contributed by atoms with Crippen LogP contribution in [0.1, 0.15) is 152 Å². The van der Waals surface area contributed by atoms with Gasteiger partial charge in [-0.15, -0.1) is 0 Å². The molecule has 1 nitrogen and oxygen atoms in total. The molecule has 0 saturated heterocycles. The smallest absolute Gasteiger partial charge is 0.0388 e. The van der Waals surface area contributed by atoms with Crippen molar-refractivity contribution in [3.63, 3.8) is 0 Å². The highest BCUT2D eigenvalue weighted by Gasteiger charge is 2.58. The summed E-state index contributed by atoms with van der Waals surface area (Å²) >= 11 is 0. The van der Waals surface area contributed by atoms with Gasteiger partial charge in [0.2, 0.25) is 0 Å². The number of hydrogen-bond donors (Lipinski definition) is 1. The fourth-order valence-electron chi connectivity index (χ4n) is 9.27. The molecule has 1 spiro atoms. The largest absolute Gasteiger partial charge is 0.398 e. The standard InChI is InChI=1S/C45H65N/c1-16-40(6,7)24-34-31(5)29(3)30(4)33(39(34)46)22-32-23-36-37(21-28(32)2)45(27-44(36,14)15)26-43(12,13)35-17-18-41(8,9)19-20-42(10,11)25-38(35)45/h17,19-21,23,25H,16,18,22,24,26-27,46H2,1-15H3/b20-19?,35-17+,38-25+. The molecule has 3 aliphatic rings. The zero-order valence-corrected chi connectivity index (χ0v) is 32.3. The molecular weight excluding hydrogens is 555 g/mol. The molecule has 2 aromatic rings. The second-order valence-electron chi connectivity index (χ2n) is 19.2. The normalized spacial score (nSPS) is 26.4. The lowest BCUT2D eigenvalue weighted by Gasteiger charge is -2.32. The lowest BCUT2D eigenvalue weighted by atomic mass is 9.71. The van der Waals surface area contributed by atoms with Crippen LogP contribution >= 0.6 is 0 Å². The molecule has 1 atom stereocenters. The number of rotatable bonds is 5. The number of anilines is 1. The maximum Gasteiger partial charge on any atom is 0.0388 e. The second kappa shape index (κ2) is 11.0. The number of nitrogen functional groups attached to an aromatic ring is 1. The van der Waals surface area contributed by atoms with Crippen LogP contribution in [0.15, 0.2) is 47.6 Å². The van der Waals surface area contributed by atoms with Crippen molar-refractivity contribution in [2.75, 3.05) is 5.73 Å². The number of allylic oxidation sites excluding steroid dienone is 6. The Morgan fingerprint density at radius 2 is 1.35 bits per heavy atom. The van der Waals surface area contributed by atoms with Gasteiger partial charge in [0.1, 0.15) is 0 Å². The highest BCUT2D eigenvalue weighted by Crippen LogP contribution is 2.66. The van der Waals surface area contributed by atoms with Gasteiger partial charge in [-0.1, -0.05) is 119 Å². The van der Waals surface area contributed by atoms with Gasteiger partial charge in [-0.25, -0.2) is 0 Å². The highest BCUT2D eigenvalue weighted by atomic mass is 14.6. The van der Waals surface area contributed by atoms with E-state index in [9.17, 15) is 0 Å². The van der Waals surface area contributed by atoms with Crippen LogP contribution in [-0.4, -0.2) is 0 Å². The van der Waals surface area contributed by atoms with Crippen LogP contribution in [0.25, 0.3) is 0 Å². The molecule has 250 valence electrons. The third kappa shape index (κ3) is 5.88. The molecule has 5 rings (SSSR count). The molecule has 2 aromatic carbocycles. The van der Waals surface area contributed by atoms with Gasteiger partial charge in [-0.3, -0.25) is 0 Å². The van der Waals surface area contributed by atoms with Gasteiger partial charge >= 0.3 is 0 Å². The van der Waals surface area contributed by atoms with Crippen molar-refractivity contribution >= 4 is 5.69 Å². The average Bonchev–Trinajstić information content (AvgIpc) is 3.29. The van der Waals surface area contributed by atoms with Crippen molar-refractivity contribution in [1.29, 1.82) is 0 Å². The minimum Gasteiger partial charge on any atom is -0.398 e. The molecule has 3 aliphatic carbocycles. The maximum absolute atomic E-state index is 7.14. The molecule has 0 aromatic heterocycles. The molecule has 1 heteroatoms. The molecule has 0 bridgehead atoms. The van der Waals surface area contributed by atoms with Crippen molar-refractivity contribution in [2.24, 2.45) is 21.7 Å². The number of benzene rings is 2. The molecule has 0 aliphatic heterocycles. The van der Waals surface area contributed by atoms with Crippen molar-refractivity contribution < 1.29 is 0 Å². The predicted molar refractivity (Wildman–Crippen MR) is 202 cm³/mol. The van der Waals surface area contributed by atoms with Crippen molar-refractivity contribution in [3.05, 3.63) is 97.7 Å². The Bertz CT molecular complexity index is 1660. The Hall–Kier alpha value is -2.54. The van der Waals surface area contributed by atoms with Crippen LogP contribution in [0.5, 0.6) is 0 Å². The van der Waals surface area contributed by atoms with Crippen molar-refractivity contribution in [3.8, 4) is 0 Å². The summed E-state index contributed by atoms with van der Waals surface area (Å²) in [4.78, 5) is 0. The summed E-state index contributed by atoms with van der Waals surface area (Å²) < 4.78 is 0. The van der Waals surface area contributed by atoms with E-state index in [4.69, 9.17) is 5.73 Å². The molecular formula is C45H65N. The van der Waals surface area contributed by atoms with Gasteiger partial charge in [-0.05, 0) is 136 Å². The fraction of sp³-hybridized carbons (Fsp3) is 0.600. The number of fused-ring (bicyclic) bond motifs is 4. The Kier molecular flexibility index (Phi) is 8.32. The van der Waals surface area contributed by atoms with Gasteiger partial charge in [0, 0.05) is 22.9 Å². The summed E-state index contributed by atoms with van der Waals surface area (Å²) in [5.41, 5.74) is 24.8. The molecule has 1 saturated carbocycles. The molecule has 0 radical (unpaired) electrons. The van der Waals surface area contributed by atoms with Gasteiger partial charge in [0.15, 0.2) is 0 Å². The summed E-state index contributed by atoms with van der Waals surface area (Å²) in [6.07, 6.45) is 16.7. The topological polar surface area (TPSA) is 26.0 Å². The van der Waals surface area contributed by atoms with Gasteiger partial charge < -0.3 is 5.73 Å². The van der Waals surface area contributed by atoms with E-state index in [1.807, 2.05) is 0 Å². The molecule has 0 heterocycles. The van der Waals surface area contributed by atoms with E-state index in [0.717, 1.165) is 37.8 Å². The van der Waals surface area contributed by atoms with Crippen LogP contribution in [0.3, 0.4) is 0 Å². The highest BCUT2D eigenvalue weighted by molar-refractivity contribution is 5.67. The minimum absolute atomic E-state index is 0.00621. The summed E-state index contributed by atoms with van der Waals surface area (Å²) in [7, 11) is 0. The maximum atomic E-state index is 7.14. The summed E-state index contributed by atoms with van der Waals surface area (Å²) in [5.74, 6) is 0. The zero-order chi connectivity index (χ0) is 34.4. The summed E-state index contributed by atoms with van der Waals surface area (Å²) in [6.45, 7) is 35.8. The minimum atomic E-state index is -0.00621. The molecule has 2 N–H and O–H groups in total. The SMILES string of the molecule is CCC(C)(C)Cc1c(C)c(C)c(C)c(Cc2cc3c(cc2C)C2(CC(C)(C)C4=C/CC(C)(C)C=CC(C)(C)/C=C\42)CC3(C)C)c1N. The predicted octanol–water partition coefficient (Wildman–Crippen LogP) is 12.3. The lowest BCUT2D eigenvalue weighted by molar-refractivity contribution is 0.330. The van der Waals surface area contributed by atoms with E-state index in [1.54, 1.807) is 22.3 Å². The van der Waals surface area contributed by atoms with E-state index < -0.39 is 0 Å². The van der Waals surface area contributed by atoms with Crippen LogP contribution in [0.4, 0.5) is 5.69 Å². The van der Waals surface area contributed by atoms with E-state index in [0.29, 0.717) is 0 Å². The zero-order valence-electron chi connectivity index (χ0n) is 32.3. The van der Waals surface area contributed by atoms with Crippen LogP contribution in [-0.2, 0) is 23.7 Å². The Morgan fingerprint density at radius 1 is 0.739 bits per heavy atom. The first-order valence-electron chi connectivity index (χ1n) is 18.1. The van der Waals surface area contributed by atoms with Gasteiger partial charge in [0.05, 0.1) is 0 Å². The Morgan fingerprint density at radius 3 is 1.98 bits per heavy atom. The Labute approximate surface area is 283 Å². The number of nitrogens with two attached hydrogens (primary N) is 1. The molecule has 1 fully saturated rings. The Balaban J connectivity index is 1.67. The average molecular weight is 620 g/mol. The molecule has 0 amide bonds. The first kappa shape index (κ1) is 34.8. The van der Waals surface area contributed by atoms with Gasteiger partial charge in [0.25, 0.3) is 0 Å². The van der Waals surface area contributed by atoms with Crippen LogP contribution in [0, 0.1) is 49.4 Å². The van der Waals surface area contributed by atoms with E-state index in [-0.39, 0.29) is 32.5 Å². The number of hydrogen-bond acceptors (Lipinski definition) is 1. The van der Waals surface area contributed by atoms with E-state index in [1.165, 1.54) is 45.4 Å². The third-order valence-electron chi connectivity index (χ3n) is 12.7. The van der Waals surface area contributed by atoms with Gasteiger partial charge in [-0.2, -0.15) is 0 Å². The van der Waals surface area contributed by atoms with E-state index in [2.05, 4.69) is 140 Å². The fourth-order valence-corrected chi connectivity index (χ4v) is 9.27. The first-order valence-corrected chi connectivity index (χ1v) is 18.1. The molecule has 46 heavy (non-hydrogen) atoms. The second-order valence-corrected chi connectivity index (χ2v) is 19.2. The first-order chi connectivity index (χ1) is 21.0. The third-order valence-corrected chi connectivity index (χ3v) is 12.7. The van der Waals surface area contributed by atoms with Crippen LogP contribution in [0.2, 0.25) is 0 Å². The van der Waals surface area contributed by atoms with Crippen LogP contribution < -0.4 is 5.73 Å².